The van der Waals surface area contributed by atoms with Gasteiger partial charge in [0.25, 0.3) is 0 Å². The molecule has 1 aliphatic rings. The number of carbonyl (C=O) groups excluding carboxylic acids is 2. The third-order valence-electron chi connectivity index (χ3n) is 2.52. The maximum absolute atomic E-state index is 11.6. The molecule has 0 aromatic heterocycles. The van der Waals surface area contributed by atoms with Crippen LogP contribution in [0.2, 0.25) is 0 Å². The van der Waals surface area contributed by atoms with Gasteiger partial charge in [-0.2, -0.15) is 0 Å². The minimum atomic E-state index is -0.369. The molecule has 1 aromatic rings. The Kier molecular flexibility index (Phi) is 3.27. The summed E-state index contributed by atoms with van der Waals surface area (Å²) in [5.41, 5.74) is 0.808. The highest BCUT2D eigenvalue weighted by molar-refractivity contribution is 5.89. The minimum Gasteiger partial charge on any atom is -0.442 e. The Balaban J connectivity index is 1.98. The predicted octanol–water partition coefficient (Wildman–Crippen LogP) is 1.15. The van der Waals surface area contributed by atoms with Crippen LogP contribution in [0.4, 0.5) is 10.5 Å². The SMILES string of the molecule is CC(=O)NCC1CN(c2ccccc2)C(=O)O1. The molecule has 1 aliphatic heterocycles. The van der Waals surface area contributed by atoms with Gasteiger partial charge in [0.2, 0.25) is 5.91 Å². The van der Waals surface area contributed by atoms with Crippen molar-refractivity contribution >= 4 is 17.7 Å². The van der Waals surface area contributed by atoms with Gasteiger partial charge in [-0.15, -0.1) is 0 Å². The lowest BCUT2D eigenvalue weighted by Gasteiger charge is -2.12. The van der Waals surface area contributed by atoms with Gasteiger partial charge >= 0.3 is 6.09 Å². The van der Waals surface area contributed by atoms with Crippen molar-refractivity contribution in [1.29, 1.82) is 0 Å². The van der Waals surface area contributed by atoms with Crippen LogP contribution in [-0.2, 0) is 9.53 Å². The van der Waals surface area contributed by atoms with E-state index in [0.29, 0.717) is 13.1 Å². The number of ether oxygens (including phenoxy) is 1. The zero-order valence-electron chi connectivity index (χ0n) is 9.55. The second-order valence-corrected chi connectivity index (χ2v) is 3.89. The first-order chi connectivity index (χ1) is 8.16. The van der Waals surface area contributed by atoms with Gasteiger partial charge in [-0.3, -0.25) is 9.69 Å². The number of nitrogens with one attached hydrogen (secondary N) is 1. The van der Waals surface area contributed by atoms with E-state index in [1.807, 2.05) is 30.3 Å². The van der Waals surface area contributed by atoms with Crippen molar-refractivity contribution in [3.8, 4) is 0 Å². The van der Waals surface area contributed by atoms with Gasteiger partial charge in [0, 0.05) is 12.6 Å². The van der Waals surface area contributed by atoms with Crippen molar-refractivity contribution in [2.75, 3.05) is 18.0 Å². The molecule has 1 N–H and O–H groups in total. The third kappa shape index (κ3) is 2.75. The Bertz CT molecular complexity index is 419. The summed E-state index contributed by atoms with van der Waals surface area (Å²) in [7, 11) is 0. The minimum absolute atomic E-state index is 0.126. The number of para-hydroxylation sites is 1. The van der Waals surface area contributed by atoms with E-state index in [1.54, 1.807) is 4.90 Å². The molecule has 2 amide bonds. The summed E-state index contributed by atoms with van der Waals surface area (Å²) >= 11 is 0. The van der Waals surface area contributed by atoms with E-state index in [-0.39, 0.29) is 18.1 Å². The normalized spacial score (nSPS) is 19.0. The number of amides is 2. The largest absolute Gasteiger partial charge is 0.442 e. The van der Waals surface area contributed by atoms with Crippen molar-refractivity contribution in [2.45, 2.75) is 13.0 Å². The molecule has 0 radical (unpaired) electrons. The van der Waals surface area contributed by atoms with Gasteiger partial charge in [-0.25, -0.2) is 4.79 Å². The van der Waals surface area contributed by atoms with Crippen molar-refractivity contribution in [3.05, 3.63) is 30.3 Å². The van der Waals surface area contributed by atoms with Crippen LogP contribution >= 0.6 is 0 Å². The lowest BCUT2D eigenvalue weighted by Crippen LogP contribution is -2.33. The first-order valence-corrected chi connectivity index (χ1v) is 5.44. The van der Waals surface area contributed by atoms with Crippen LogP contribution < -0.4 is 10.2 Å². The van der Waals surface area contributed by atoms with Crippen molar-refractivity contribution in [3.63, 3.8) is 0 Å². The number of benzene rings is 1. The zero-order chi connectivity index (χ0) is 12.3. The predicted molar refractivity (Wildman–Crippen MR) is 62.7 cm³/mol. The van der Waals surface area contributed by atoms with Gasteiger partial charge in [0.05, 0.1) is 13.1 Å². The van der Waals surface area contributed by atoms with Crippen LogP contribution in [0.5, 0.6) is 0 Å². The number of hydrogen-bond acceptors (Lipinski definition) is 3. The highest BCUT2D eigenvalue weighted by Crippen LogP contribution is 2.20. The van der Waals surface area contributed by atoms with E-state index in [2.05, 4.69) is 5.32 Å². The fraction of sp³-hybridized carbons (Fsp3) is 0.333. The Morgan fingerprint density at radius 3 is 2.82 bits per heavy atom. The molecule has 1 fully saturated rings. The average Bonchev–Trinajstić information content (AvgIpc) is 2.69. The standard InChI is InChI=1S/C12H14N2O3/c1-9(15)13-7-11-8-14(12(16)17-11)10-5-3-2-4-6-10/h2-6,11H,7-8H2,1H3,(H,13,15). The monoisotopic (exact) mass is 234 g/mol. The number of cyclic esters (lactones) is 1. The van der Waals surface area contributed by atoms with Crippen LogP contribution in [0.25, 0.3) is 0 Å². The molecule has 0 aliphatic carbocycles. The van der Waals surface area contributed by atoms with Gasteiger partial charge in [0.15, 0.2) is 0 Å². The maximum atomic E-state index is 11.6. The fourth-order valence-corrected chi connectivity index (χ4v) is 1.70. The Morgan fingerprint density at radius 2 is 2.18 bits per heavy atom. The van der Waals surface area contributed by atoms with Crippen LogP contribution in [0.3, 0.4) is 0 Å². The van der Waals surface area contributed by atoms with Gasteiger partial charge < -0.3 is 10.1 Å². The fourth-order valence-electron chi connectivity index (χ4n) is 1.70. The molecule has 5 heteroatoms. The van der Waals surface area contributed by atoms with Crippen LogP contribution in [0.15, 0.2) is 30.3 Å². The molecule has 0 bridgehead atoms. The van der Waals surface area contributed by atoms with E-state index in [0.717, 1.165) is 5.69 Å². The van der Waals surface area contributed by atoms with Crippen molar-refractivity contribution in [2.24, 2.45) is 0 Å². The van der Waals surface area contributed by atoms with Crippen LogP contribution in [0, 0.1) is 0 Å². The molecule has 0 saturated carbocycles. The smallest absolute Gasteiger partial charge is 0.414 e. The molecule has 2 rings (SSSR count). The van der Waals surface area contributed by atoms with Crippen molar-refractivity contribution in [1.82, 2.24) is 5.32 Å². The lowest BCUT2D eigenvalue weighted by atomic mass is 10.3. The summed E-state index contributed by atoms with van der Waals surface area (Å²) in [5.74, 6) is -0.126. The molecule has 1 heterocycles. The van der Waals surface area contributed by atoms with Crippen molar-refractivity contribution < 1.29 is 14.3 Å². The summed E-state index contributed by atoms with van der Waals surface area (Å²) in [4.78, 5) is 24.0. The van der Waals surface area contributed by atoms with E-state index >= 15 is 0 Å². The highest BCUT2D eigenvalue weighted by Gasteiger charge is 2.32. The molecule has 1 atom stereocenters. The zero-order valence-corrected chi connectivity index (χ0v) is 9.55. The Hall–Kier alpha value is -2.04. The first kappa shape index (κ1) is 11.4. The number of hydrogen-bond donors (Lipinski definition) is 1. The highest BCUT2D eigenvalue weighted by atomic mass is 16.6. The third-order valence-corrected chi connectivity index (χ3v) is 2.52. The number of nitrogens with zero attached hydrogens (tertiary/aromatic N) is 1. The maximum Gasteiger partial charge on any atom is 0.414 e. The van der Waals surface area contributed by atoms with E-state index in [4.69, 9.17) is 4.74 Å². The number of carbonyl (C=O) groups is 2. The Morgan fingerprint density at radius 1 is 1.47 bits per heavy atom. The molecule has 0 spiro atoms. The number of anilines is 1. The molecule has 1 saturated heterocycles. The molecule has 1 aromatic carbocycles. The van der Waals surface area contributed by atoms with E-state index < -0.39 is 0 Å². The molecule has 17 heavy (non-hydrogen) atoms. The van der Waals surface area contributed by atoms with Gasteiger partial charge in [-0.1, -0.05) is 18.2 Å². The summed E-state index contributed by atoms with van der Waals surface area (Å²) < 4.78 is 5.15. The van der Waals surface area contributed by atoms with E-state index in [1.165, 1.54) is 6.92 Å². The quantitative estimate of drug-likeness (QED) is 0.853. The molecule has 1 unspecified atom stereocenters. The average molecular weight is 234 g/mol. The summed E-state index contributed by atoms with van der Waals surface area (Å²) in [6, 6.07) is 9.32. The van der Waals surface area contributed by atoms with E-state index in [9.17, 15) is 9.59 Å². The van der Waals surface area contributed by atoms with Gasteiger partial charge in [-0.05, 0) is 12.1 Å². The summed E-state index contributed by atoms with van der Waals surface area (Å²) in [5, 5.41) is 2.64. The second-order valence-electron chi connectivity index (χ2n) is 3.89. The molecular weight excluding hydrogens is 220 g/mol. The van der Waals surface area contributed by atoms with Crippen LogP contribution in [0.1, 0.15) is 6.92 Å². The topological polar surface area (TPSA) is 58.6 Å². The number of rotatable bonds is 3. The molecular formula is C12H14N2O3. The Labute approximate surface area is 99.4 Å². The molecule has 5 nitrogen and oxygen atoms in total. The second kappa shape index (κ2) is 4.86. The van der Waals surface area contributed by atoms with Gasteiger partial charge in [0.1, 0.15) is 6.10 Å². The lowest BCUT2D eigenvalue weighted by molar-refractivity contribution is -0.119. The summed E-state index contributed by atoms with van der Waals surface area (Å²) in [6.07, 6.45) is -0.654. The van der Waals surface area contributed by atoms with Crippen LogP contribution in [-0.4, -0.2) is 31.2 Å². The first-order valence-electron chi connectivity index (χ1n) is 5.44. The molecule has 90 valence electrons. The summed E-state index contributed by atoms with van der Waals surface area (Å²) in [6.45, 7) is 2.25.